The Kier molecular flexibility index (Phi) is 7.31. The highest BCUT2D eigenvalue weighted by atomic mass is 35.5. The van der Waals surface area contributed by atoms with Crippen molar-refractivity contribution in [3.8, 4) is 0 Å². The van der Waals surface area contributed by atoms with Crippen LogP contribution in [0.5, 0.6) is 0 Å². The van der Waals surface area contributed by atoms with Crippen molar-refractivity contribution in [3.63, 3.8) is 0 Å². The van der Waals surface area contributed by atoms with Gasteiger partial charge in [-0.1, -0.05) is 32.4 Å². The lowest BCUT2D eigenvalue weighted by atomic mass is 10.2. The van der Waals surface area contributed by atoms with Crippen molar-refractivity contribution in [3.05, 3.63) is 22.8 Å². The van der Waals surface area contributed by atoms with E-state index in [9.17, 15) is 0 Å². The Hall–Kier alpha value is -0.800. The molecule has 0 aliphatic carbocycles. The number of halogens is 1. The van der Waals surface area contributed by atoms with E-state index in [2.05, 4.69) is 49.8 Å². The summed E-state index contributed by atoms with van der Waals surface area (Å²) in [6.07, 6.45) is 3.02. The fourth-order valence-corrected chi connectivity index (χ4v) is 2.47. The van der Waals surface area contributed by atoms with Crippen LogP contribution in [0.15, 0.2) is 12.3 Å². The van der Waals surface area contributed by atoms with Crippen molar-refractivity contribution in [2.24, 2.45) is 5.92 Å². The third kappa shape index (κ3) is 4.95. The maximum Gasteiger partial charge on any atom is 0.147 e. The second-order valence-electron chi connectivity index (χ2n) is 5.72. The number of rotatable bonds is 8. The molecule has 0 fully saturated rings. The lowest BCUT2D eigenvalue weighted by Crippen LogP contribution is -2.33. The monoisotopic (exact) mass is 297 g/mol. The zero-order valence-corrected chi connectivity index (χ0v) is 14.2. The summed E-state index contributed by atoms with van der Waals surface area (Å²) >= 11 is 6.41. The Balaban J connectivity index is 2.76. The van der Waals surface area contributed by atoms with E-state index in [4.69, 9.17) is 11.6 Å². The van der Waals surface area contributed by atoms with Crippen LogP contribution >= 0.6 is 11.6 Å². The topological polar surface area (TPSA) is 28.2 Å². The number of anilines is 1. The standard InChI is InChI=1S/C16H28ClN3/c1-6-13(5)20(7-2)16-15(17)8-14(11-19-16)10-18-9-12(3)4/h8,11-13,18H,6-7,9-10H2,1-5H3. The highest BCUT2D eigenvalue weighted by Gasteiger charge is 2.15. The van der Waals surface area contributed by atoms with Crippen LogP contribution < -0.4 is 10.2 Å². The third-order valence-corrected chi connectivity index (χ3v) is 3.77. The lowest BCUT2D eigenvalue weighted by Gasteiger charge is -2.29. The molecule has 0 radical (unpaired) electrons. The van der Waals surface area contributed by atoms with Crippen molar-refractivity contribution < 1.29 is 0 Å². The Morgan fingerprint density at radius 1 is 1.30 bits per heavy atom. The van der Waals surface area contributed by atoms with Gasteiger partial charge in [0.05, 0.1) is 5.02 Å². The molecule has 1 aromatic heterocycles. The van der Waals surface area contributed by atoms with Gasteiger partial charge in [0.15, 0.2) is 0 Å². The molecule has 20 heavy (non-hydrogen) atoms. The van der Waals surface area contributed by atoms with E-state index in [-0.39, 0.29) is 0 Å². The molecule has 0 bridgehead atoms. The Morgan fingerprint density at radius 3 is 2.50 bits per heavy atom. The normalized spacial score (nSPS) is 12.8. The molecule has 0 saturated carbocycles. The molecule has 1 heterocycles. The number of aromatic nitrogens is 1. The van der Waals surface area contributed by atoms with Gasteiger partial charge in [0.2, 0.25) is 0 Å². The van der Waals surface area contributed by atoms with Gasteiger partial charge in [0.1, 0.15) is 5.82 Å². The number of nitrogens with zero attached hydrogens (tertiary/aromatic N) is 2. The summed E-state index contributed by atoms with van der Waals surface area (Å²) in [6.45, 7) is 13.7. The first kappa shape index (κ1) is 17.3. The Bertz CT molecular complexity index is 407. The van der Waals surface area contributed by atoms with Crippen LogP contribution in [0.3, 0.4) is 0 Å². The van der Waals surface area contributed by atoms with Crippen molar-refractivity contribution in [1.29, 1.82) is 0 Å². The van der Waals surface area contributed by atoms with Gasteiger partial charge < -0.3 is 10.2 Å². The quantitative estimate of drug-likeness (QED) is 0.783. The van der Waals surface area contributed by atoms with Crippen molar-refractivity contribution in [2.45, 2.75) is 53.6 Å². The number of hydrogen-bond acceptors (Lipinski definition) is 3. The predicted octanol–water partition coefficient (Wildman–Crippen LogP) is 4.11. The first-order valence-electron chi connectivity index (χ1n) is 7.61. The van der Waals surface area contributed by atoms with Gasteiger partial charge in [-0.05, 0) is 44.4 Å². The maximum atomic E-state index is 6.41. The molecule has 1 rings (SSSR count). The second kappa shape index (κ2) is 8.48. The van der Waals surface area contributed by atoms with Crippen LogP contribution in [0, 0.1) is 5.92 Å². The average Bonchev–Trinajstić information content (AvgIpc) is 2.41. The molecule has 0 spiro atoms. The Morgan fingerprint density at radius 2 is 2.00 bits per heavy atom. The van der Waals surface area contributed by atoms with E-state index in [1.807, 2.05) is 12.3 Å². The highest BCUT2D eigenvalue weighted by molar-refractivity contribution is 6.33. The van der Waals surface area contributed by atoms with Crippen LogP contribution in [0.2, 0.25) is 5.02 Å². The zero-order valence-electron chi connectivity index (χ0n) is 13.4. The van der Waals surface area contributed by atoms with Crippen LogP contribution in [0.25, 0.3) is 0 Å². The maximum absolute atomic E-state index is 6.41. The number of hydrogen-bond donors (Lipinski definition) is 1. The summed E-state index contributed by atoms with van der Waals surface area (Å²) < 4.78 is 0. The van der Waals surface area contributed by atoms with Gasteiger partial charge >= 0.3 is 0 Å². The third-order valence-electron chi connectivity index (χ3n) is 3.50. The van der Waals surface area contributed by atoms with Crippen LogP contribution in [-0.2, 0) is 6.54 Å². The summed E-state index contributed by atoms with van der Waals surface area (Å²) in [5.74, 6) is 1.55. The van der Waals surface area contributed by atoms with Gasteiger partial charge in [0, 0.05) is 25.3 Å². The van der Waals surface area contributed by atoms with E-state index in [0.29, 0.717) is 12.0 Å². The molecule has 0 amide bonds. The summed E-state index contributed by atoms with van der Waals surface area (Å²) in [6, 6.07) is 2.48. The van der Waals surface area contributed by atoms with Gasteiger partial charge in [-0.3, -0.25) is 0 Å². The zero-order chi connectivity index (χ0) is 15.1. The van der Waals surface area contributed by atoms with Crippen molar-refractivity contribution in [2.75, 3.05) is 18.0 Å². The SMILES string of the molecule is CCC(C)N(CC)c1ncc(CNCC(C)C)cc1Cl. The largest absolute Gasteiger partial charge is 0.353 e. The molecule has 1 atom stereocenters. The molecule has 0 aliphatic rings. The Labute approximate surface area is 128 Å². The lowest BCUT2D eigenvalue weighted by molar-refractivity contribution is 0.551. The molecule has 1 N–H and O–H groups in total. The summed E-state index contributed by atoms with van der Waals surface area (Å²) in [7, 11) is 0. The van der Waals surface area contributed by atoms with Crippen LogP contribution in [-0.4, -0.2) is 24.1 Å². The van der Waals surface area contributed by atoms with Gasteiger partial charge in [0.25, 0.3) is 0 Å². The first-order chi connectivity index (χ1) is 9.49. The molecular formula is C16H28ClN3. The van der Waals surface area contributed by atoms with E-state index < -0.39 is 0 Å². The molecule has 1 aromatic rings. The number of pyridine rings is 1. The summed E-state index contributed by atoms with van der Waals surface area (Å²) in [4.78, 5) is 6.83. The van der Waals surface area contributed by atoms with Crippen molar-refractivity contribution in [1.82, 2.24) is 10.3 Å². The van der Waals surface area contributed by atoms with Gasteiger partial charge in [-0.25, -0.2) is 4.98 Å². The second-order valence-corrected chi connectivity index (χ2v) is 6.12. The molecule has 4 heteroatoms. The van der Waals surface area contributed by atoms with Crippen molar-refractivity contribution >= 4 is 17.4 Å². The molecule has 1 unspecified atom stereocenters. The van der Waals surface area contributed by atoms with Crippen LogP contribution in [0.4, 0.5) is 5.82 Å². The number of nitrogens with one attached hydrogen (secondary N) is 1. The van der Waals surface area contributed by atoms with Gasteiger partial charge in [-0.15, -0.1) is 0 Å². The predicted molar refractivity (Wildman–Crippen MR) is 88.6 cm³/mol. The molecular weight excluding hydrogens is 270 g/mol. The average molecular weight is 298 g/mol. The highest BCUT2D eigenvalue weighted by Crippen LogP contribution is 2.26. The molecule has 0 saturated heterocycles. The molecule has 3 nitrogen and oxygen atoms in total. The summed E-state index contributed by atoms with van der Waals surface area (Å²) in [5, 5.41) is 4.16. The van der Waals surface area contributed by atoms with Crippen LogP contribution in [0.1, 0.15) is 46.6 Å². The van der Waals surface area contributed by atoms with E-state index in [0.717, 1.165) is 42.5 Å². The summed E-state index contributed by atoms with van der Waals surface area (Å²) in [5.41, 5.74) is 1.14. The minimum atomic E-state index is 0.454. The smallest absolute Gasteiger partial charge is 0.147 e. The first-order valence-corrected chi connectivity index (χ1v) is 7.99. The van der Waals surface area contributed by atoms with Gasteiger partial charge in [-0.2, -0.15) is 0 Å². The molecule has 0 aromatic carbocycles. The minimum Gasteiger partial charge on any atom is -0.353 e. The minimum absolute atomic E-state index is 0.454. The van der Waals surface area contributed by atoms with E-state index >= 15 is 0 Å². The van der Waals surface area contributed by atoms with E-state index in [1.54, 1.807) is 0 Å². The fourth-order valence-electron chi connectivity index (χ4n) is 2.17. The van der Waals surface area contributed by atoms with E-state index in [1.165, 1.54) is 0 Å². The molecule has 0 aliphatic heterocycles. The fraction of sp³-hybridized carbons (Fsp3) is 0.688. The molecule has 114 valence electrons.